The van der Waals surface area contributed by atoms with Crippen molar-refractivity contribution in [3.63, 3.8) is 0 Å². The number of carboxylic acids is 1. The fourth-order valence-electron chi connectivity index (χ4n) is 5.86. The summed E-state index contributed by atoms with van der Waals surface area (Å²) >= 11 is 0. The molecule has 4 saturated carbocycles. The monoisotopic (exact) mass is 357 g/mol. The Bertz CT molecular complexity index is 678. The Hall–Kier alpha value is -1.88. The van der Waals surface area contributed by atoms with Crippen LogP contribution >= 0.6 is 0 Å². The average Bonchev–Trinajstić information content (AvgIpc) is 2.58. The molecule has 1 aromatic carbocycles. The van der Waals surface area contributed by atoms with Gasteiger partial charge in [-0.25, -0.2) is 0 Å². The number of aliphatic carboxylic acids is 1. The van der Waals surface area contributed by atoms with Crippen molar-refractivity contribution in [3.8, 4) is 5.75 Å². The van der Waals surface area contributed by atoms with Crippen molar-refractivity contribution < 1.29 is 19.4 Å². The van der Waals surface area contributed by atoms with Crippen LogP contribution in [0.5, 0.6) is 5.75 Å². The van der Waals surface area contributed by atoms with Gasteiger partial charge in [-0.2, -0.15) is 0 Å². The van der Waals surface area contributed by atoms with E-state index in [2.05, 4.69) is 0 Å². The van der Waals surface area contributed by atoms with Gasteiger partial charge >= 0.3 is 5.97 Å². The van der Waals surface area contributed by atoms with Gasteiger partial charge in [-0.05, 0) is 80.4 Å². The maximum atomic E-state index is 13.0. The van der Waals surface area contributed by atoms with Crippen LogP contribution in [0.4, 0.5) is 0 Å². The average molecular weight is 357 g/mol. The van der Waals surface area contributed by atoms with Gasteiger partial charge < -0.3 is 15.6 Å². The summed E-state index contributed by atoms with van der Waals surface area (Å²) in [6.45, 7) is 0.112. The number of carbonyl (C=O) groups excluding carboxylic acids is 1. The molecular weight excluding hydrogens is 330 g/mol. The quantitative estimate of drug-likeness (QED) is 0.783. The summed E-state index contributed by atoms with van der Waals surface area (Å²) in [5, 5.41) is 8.94. The summed E-state index contributed by atoms with van der Waals surface area (Å²) in [5.41, 5.74) is 6.26. The zero-order valence-electron chi connectivity index (χ0n) is 15.0. The summed E-state index contributed by atoms with van der Waals surface area (Å²) in [7, 11) is 0. The normalized spacial score (nSPS) is 33.0. The largest absolute Gasteiger partial charge is 0.486 e. The van der Waals surface area contributed by atoms with Gasteiger partial charge in [0.15, 0.2) is 5.78 Å². The number of hydrogen-bond acceptors (Lipinski definition) is 4. The number of Topliss-reactive ketones (excluding diaryl/α,β-unsaturated/α-hetero) is 1. The fourth-order valence-corrected chi connectivity index (χ4v) is 5.86. The second-order valence-corrected chi connectivity index (χ2v) is 8.71. The Kier molecular flexibility index (Phi) is 4.51. The molecule has 0 unspecified atom stereocenters. The van der Waals surface area contributed by atoms with E-state index in [0.29, 0.717) is 5.75 Å². The van der Waals surface area contributed by atoms with Gasteiger partial charge in [-0.15, -0.1) is 0 Å². The molecule has 0 saturated heterocycles. The first kappa shape index (κ1) is 17.5. The van der Waals surface area contributed by atoms with Crippen LogP contribution < -0.4 is 10.5 Å². The smallest absolute Gasteiger partial charge is 0.320 e. The third-order valence-corrected chi connectivity index (χ3v) is 6.67. The molecule has 1 aromatic rings. The lowest BCUT2D eigenvalue weighted by Crippen LogP contribution is -2.51. The molecular formula is C21H27NO4. The number of benzene rings is 1. The molecule has 5 rings (SSSR count). The zero-order valence-corrected chi connectivity index (χ0v) is 15.0. The first-order chi connectivity index (χ1) is 12.4. The number of hydrogen-bond donors (Lipinski definition) is 2. The number of rotatable bonds is 7. The van der Waals surface area contributed by atoms with Crippen LogP contribution in [0.25, 0.3) is 0 Å². The first-order valence-corrected chi connectivity index (χ1v) is 9.67. The van der Waals surface area contributed by atoms with Crippen LogP contribution in [0, 0.1) is 23.2 Å². The number of ether oxygens (including phenoxy) is 1. The van der Waals surface area contributed by atoms with Crippen LogP contribution in [0.3, 0.4) is 0 Å². The second kappa shape index (κ2) is 6.69. The summed E-state index contributed by atoms with van der Waals surface area (Å²) < 4.78 is 5.80. The van der Waals surface area contributed by atoms with Gasteiger partial charge in [-0.1, -0.05) is 12.1 Å². The molecule has 1 atom stereocenters. The molecule has 4 aliphatic carbocycles. The van der Waals surface area contributed by atoms with Crippen LogP contribution in [0.2, 0.25) is 0 Å². The number of ketones is 1. The minimum Gasteiger partial charge on any atom is -0.486 e. The molecule has 4 bridgehead atoms. The predicted octanol–water partition coefficient (Wildman–Crippen LogP) is 2.81. The van der Waals surface area contributed by atoms with E-state index in [1.165, 1.54) is 19.3 Å². The van der Waals surface area contributed by atoms with Crippen molar-refractivity contribution in [1.82, 2.24) is 0 Å². The highest BCUT2D eigenvalue weighted by atomic mass is 16.5. The summed E-state index contributed by atoms with van der Waals surface area (Å²) in [4.78, 5) is 23.9. The zero-order chi connectivity index (χ0) is 18.3. The Morgan fingerprint density at radius 2 is 1.77 bits per heavy atom. The fraction of sp³-hybridized carbons (Fsp3) is 0.619. The molecule has 4 fully saturated rings. The first-order valence-electron chi connectivity index (χ1n) is 9.67. The second-order valence-electron chi connectivity index (χ2n) is 8.71. The molecule has 0 aliphatic heterocycles. The van der Waals surface area contributed by atoms with Gasteiger partial charge in [0.2, 0.25) is 0 Å². The van der Waals surface area contributed by atoms with Gasteiger partial charge in [-0.3, -0.25) is 9.59 Å². The SMILES string of the molecule is N[C@@H](Cc1cccc(OCC(=O)C23CC4CC(CC(C4)C2)C3)c1)C(=O)O. The highest BCUT2D eigenvalue weighted by Crippen LogP contribution is 2.60. The standard InChI is InChI=1S/C21H27NO4/c22-18(20(24)25)8-13-2-1-3-17(7-13)26-12-19(23)21-9-14-4-15(10-21)6-16(5-14)11-21/h1-3,7,14-16,18H,4-6,8-12,22H2,(H,24,25)/t14?,15?,16?,18-,21?/m0/s1. The van der Waals surface area contributed by atoms with Crippen molar-refractivity contribution in [2.45, 2.75) is 51.0 Å². The van der Waals surface area contributed by atoms with E-state index in [9.17, 15) is 9.59 Å². The van der Waals surface area contributed by atoms with Crippen LogP contribution in [-0.2, 0) is 16.0 Å². The van der Waals surface area contributed by atoms with Crippen molar-refractivity contribution in [2.75, 3.05) is 6.61 Å². The lowest BCUT2D eigenvalue weighted by atomic mass is 9.48. The Labute approximate surface area is 153 Å². The number of carboxylic acid groups (broad SMARTS) is 1. The lowest BCUT2D eigenvalue weighted by Gasteiger charge is -2.55. The van der Waals surface area contributed by atoms with Crippen molar-refractivity contribution in [2.24, 2.45) is 28.9 Å². The summed E-state index contributed by atoms with van der Waals surface area (Å²) in [6, 6.07) is 6.31. The van der Waals surface area contributed by atoms with E-state index in [-0.39, 0.29) is 24.2 Å². The highest BCUT2D eigenvalue weighted by Gasteiger charge is 2.54. The van der Waals surface area contributed by atoms with Crippen LogP contribution in [0.1, 0.15) is 44.1 Å². The van der Waals surface area contributed by atoms with Gasteiger partial charge in [0.05, 0.1) is 0 Å². The molecule has 0 amide bonds. The van der Waals surface area contributed by atoms with Crippen LogP contribution in [-0.4, -0.2) is 29.5 Å². The van der Waals surface area contributed by atoms with Crippen LogP contribution in [0.15, 0.2) is 24.3 Å². The predicted molar refractivity (Wildman–Crippen MR) is 96.9 cm³/mol. The molecule has 5 heteroatoms. The van der Waals surface area contributed by atoms with E-state index in [1.54, 1.807) is 6.07 Å². The molecule has 0 aromatic heterocycles. The Morgan fingerprint density at radius 3 is 2.35 bits per heavy atom. The molecule has 0 radical (unpaired) electrons. The Balaban J connectivity index is 1.38. The topological polar surface area (TPSA) is 89.6 Å². The molecule has 140 valence electrons. The number of nitrogens with two attached hydrogens (primary N) is 1. The summed E-state index contributed by atoms with van der Waals surface area (Å²) in [6.07, 6.45) is 7.35. The molecule has 0 spiro atoms. The highest BCUT2D eigenvalue weighted by molar-refractivity contribution is 5.86. The number of carbonyl (C=O) groups is 2. The van der Waals surface area contributed by atoms with E-state index in [0.717, 1.165) is 42.6 Å². The maximum Gasteiger partial charge on any atom is 0.320 e. The minimum absolute atomic E-state index is 0.112. The molecule has 3 N–H and O–H groups in total. The van der Waals surface area contributed by atoms with E-state index in [1.807, 2.05) is 18.2 Å². The summed E-state index contributed by atoms with van der Waals surface area (Å²) in [5.74, 6) is 2.07. The third-order valence-electron chi connectivity index (χ3n) is 6.67. The maximum absolute atomic E-state index is 13.0. The van der Waals surface area contributed by atoms with Gasteiger partial charge in [0.25, 0.3) is 0 Å². The Morgan fingerprint density at radius 1 is 1.15 bits per heavy atom. The van der Waals surface area contributed by atoms with Crippen molar-refractivity contribution in [1.29, 1.82) is 0 Å². The molecule has 5 nitrogen and oxygen atoms in total. The third kappa shape index (κ3) is 3.37. The van der Waals surface area contributed by atoms with E-state index < -0.39 is 12.0 Å². The van der Waals surface area contributed by atoms with Crippen molar-refractivity contribution >= 4 is 11.8 Å². The molecule has 26 heavy (non-hydrogen) atoms. The van der Waals surface area contributed by atoms with Gasteiger partial charge in [0.1, 0.15) is 18.4 Å². The molecule has 4 aliphatic rings. The molecule has 0 heterocycles. The van der Waals surface area contributed by atoms with E-state index in [4.69, 9.17) is 15.6 Å². The van der Waals surface area contributed by atoms with Crippen molar-refractivity contribution in [3.05, 3.63) is 29.8 Å². The van der Waals surface area contributed by atoms with Gasteiger partial charge in [0, 0.05) is 5.41 Å². The minimum atomic E-state index is -1.02. The van der Waals surface area contributed by atoms with E-state index >= 15 is 0 Å². The lowest BCUT2D eigenvalue weighted by molar-refractivity contribution is -0.146.